The van der Waals surface area contributed by atoms with Crippen LogP contribution >= 0.6 is 0 Å². The lowest BCUT2D eigenvalue weighted by Crippen LogP contribution is -2.35. The van der Waals surface area contributed by atoms with Gasteiger partial charge in [0.2, 0.25) is 5.91 Å². The molecule has 1 aliphatic rings. The molecule has 0 saturated carbocycles. The second-order valence-corrected chi connectivity index (χ2v) is 5.13. The van der Waals surface area contributed by atoms with Crippen LogP contribution in [0.1, 0.15) is 32.6 Å². The Hall–Kier alpha value is -1.55. The zero-order valence-corrected chi connectivity index (χ0v) is 11.6. The molecule has 2 rings (SSSR count). The van der Waals surface area contributed by atoms with Crippen molar-refractivity contribution < 1.29 is 4.79 Å². The maximum Gasteiger partial charge on any atom is 0.241 e. The smallest absolute Gasteiger partial charge is 0.241 e. The molecule has 1 saturated heterocycles. The van der Waals surface area contributed by atoms with E-state index < -0.39 is 6.04 Å². The van der Waals surface area contributed by atoms with Crippen molar-refractivity contribution >= 4 is 17.3 Å². The fraction of sp³-hybridized carbons (Fsp3) is 0.533. The third-order valence-corrected chi connectivity index (χ3v) is 3.54. The molecule has 104 valence electrons. The summed E-state index contributed by atoms with van der Waals surface area (Å²) < 4.78 is 0. The number of amides is 1. The fourth-order valence-corrected chi connectivity index (χ4v) is 2.41. The van der Waals surface area contributed by atoms with E-state index in [-0.39, 0.29) is 5.91 Å². The standard InChI is InChI=1S/C15H23N3O/c1-2-5-14(16)15(19)17-12-6-8-13(9-7-12)18-10-3-4-11-18/h6-9,14H,2-5,10-11,16H2,1H3,(H,17,19)/t14-/m0/s1. The minimum Gasteiger partial charge on any atom is -0.372 e. The number of nitrogens with two attached hydrogens (primary N) is 1. The average molecular weight is 261 g/mol. The summed E-state index contributed by atoms with van der Waals surface area (Å²) in [5.74, 6) is -0.101. The molecule has 0 spiro atoms. The largest absolute Gasteiger partial charge is 0.372 e. The number of rotatable bonds is 5. The van der Waals surface area contributed by atoms with Crippen molar-refractivity contribution in [3.05, 3.63) is 24.3 Å². The SMILES string of the molecule is CCC[C@H](N)C(=O)Nc1ccc(N2CCCC2)cc1. The highest BCUT2D eigenvalue weighted by atomic mass is 16.2. The molecule has 1 aliphatic heterocycles. The Bertz CT molecular complexity index is 410. The summed E-state index contributed by atoms with van der Waals surface area (Å²) in [6, 6.07) is 7.61. The van der Waals surface area contributed by atoms with Gasteiger partial charge in [-0.15, -0.1) is 0 Å². The molecular formula is C15H23N3O. The van der Waals surface area contributed by atoms with Gasteiger partial charge in [-0.1, -0.05) is 13.3 Å². The molecule has 0 radical (unpaired) electrons. The second-order valence-electron chi connectivity index (χ2n) is 5.13. The number of carbonyl (C=O) groups is 1. The van der Waals surface area contributed by atoms with Crippen molar-refractivity contribution in [3.63, 3.8) is 0 Å². The first-order chi connectivity index (χ1) is 9.20. The van der Waals surface area contributed by atoms with Crippen LogP contribution in [0.25, 0.3) is 0 Å². The highest BCUT2D eigenvalue weighted by Gasteiger charge is 2.14. The fourth-order valence-electron chi connectivity index (χ4n) is 2.41. The molecule has 1 aromatic carbocycles. The highest BCUT2D eigenvalue weighted by molar-refractivity contribution is 5.94. The summed E-state index contributed by atoms with van der Waals surface area (Å²) in [5.41, 5.74) is 7.83. The Kier molecular flexibility index (Phi) is 4.80. The molecule has 4 heteroatoms. The topological polar surface area (TPSA) is 58.4 Å². The molecule has 0 bridgehead atoms. The van der Waals surface area contributed by atoms with E-state index >= 15 is 0 Å². The van der Waals surface area contributed by atoms with Gasteiger partial charge in [0.25, 0.3) is 0 Å². The lowest BCUT2D eigenvalue weighted by atomic mass is 10.1. The van der Waals surface area contributed by atoms with Crippen molar-refractivity contribution in [2.45, 2.75) is 38.6 Å². The normalized spacial score (nSPS) is 16.4. The van der Waals surface area contributed by atoms with Crippen molar-refractivity contribution in [1.82, 2.24) is 0 Å². The molecule has 1 heterocycles. The number of hydrogen-bond donors (Lipinski definition) is 2. The summed E-state index contributed by atoms with van der Waals surface area (Å²) in [5, 5.41) is 2.86. The van der Waals surface area contributed by atoms with Gasteiger partial charge in [0.1, 0.15) is 0 Å². The monoisotopic (exact) mass is 261 g/mol. The van der Waals surface area contributed by atoms with E-state index in [2.05, 4.69) is 22.3 Å². The average Bonchev–Trinajstić information content (AvgIpc) is 2.94. The lowest BCUT2D eigenvalue weighted by Gasteiger charge is -2.18. The minimum absolute atomic E-state index is 0.101. The van der Waals surface area contributed by atoms with Gasteiger partial charge in [0, 0.05) is 24.5 Å². The Morgan fingerprint density at radius 2 is 1.95 bits per heavy atom. The molecular weight excluding hydrogens is 238 g/mol. The van der Waals surface area contributed by atoms with E-state index in [1.807, 2.05) is 19.1 Å². The van der Waals surface area contributed by atoms with Crippen LogP contribution in [0.15, 0.2) is 24.3 Å². The summed E-state index contributed by atoms with van der Waals surface area (Å²) in [4.78, 5) is 14.2. The summed E-state index contributed by atoms with van der Waals surface area (Å²) >= 11 is 0. The molecule has 0 unspecified atom stereocenters. The van der Waals surface area contributed by atoms with E-state index in [1.165, 1.54) is 18.5 Å². The Morgan fingerprint density at radius 3 is 2.53 bits per heavy atom. The maximum absolute atomic E-state index is 11.8. The van der Waals surface area contributed by atoms with Gasteiger partial charge in [-0.25, -0.2) is 0 Å². The maximum atomic E-state index is 11.8. The zero-order chi connectivity index (χ0) is 13.7. The summed E-state index contributed by atoms with van der Waals surface area (Å²) in [6.45, 7) is 4.29. The first-order valence-electron chi connectivity index (χ1n) is 7.12. The van der Waals surface area contributed by atoms with Crippen molar-refractivity contribution in [2.75, 3.05) is 23.3 Å². The number of benzene rings is 1. The predicted octanol–water partition coefficient (Wildman–Crippen LogP) is 2.35. The summed E-state index contributed by atoms with van der Waals surface area (Å²) in [6.07, 6.45) is 4.18. The molecule has 1 amide bonds. The van der Waals surface area contributed by atoms with Crippen LogP contribution in [-0.4, -0.2) is 25.0 Å². The quantitative estimate of drug-likeness (QED) is 0.855. The van der Waals surface area contributed by atoms with Crippen molar-refractivity contribution in [2.24, 2.45) is 5.73 Å². The van der Waals surface area contributed by atoms with E-state index in [4.69, 9.17) is 5.73 Å². The van der Waals surface area contributed by atoms with Crippen LogP contribution in [0.3, 0.4) is 0 Å². The van der Waals surface area contributed by atoms with Gasteiger partial charge < -0.3 is 16.0 Å². The number of carbonyl (C=O) groups excluding carboxylic acids is 1. The number of hydrogen-bond acceptors (Lipinski definition) is 3. The van der Waals surface area contributed by atoms with Crippen molar-refractivity contribution in [1.29, 1.82) is 0 Å². The zero-order valence-electron chi connectivity index (χ0n) is 11.6. The number of nitrogens with one attached hydrogen (secondary N) is 1. The van der Waals surface area contributed by atoms with E-state index in [0.29, 0.717) is 0 Å². The predicted molar refractivity (Wildman–Crippen MR) is 79.4 cm³/mol. The van der Waals surface area contributed by atoms with Crippen LogP contribution in [0.5, 0.6) is 0 Å². The van der Waals surface area contributed by atoms with Crippen LogP contribution in [0.4, 0.5) is 11.4 Å². The lowest BCUT2D eigenvalue weighted by molar-refractivity contribution is -0.117. The Morgan fingerprint density at radius 1 is 1.32 bits per heavy atom. The third-order valence-electron chi connectivity index (χ3n) is 3.54. The molecule has 19 heavy (non-hydrogen) atoms. The Balaban J connectivity index is 1.92. The van der Waals surface area contributed by atoms with Gasteiger partial charge in [0.05, 0.1) is 6.04 Å². The molecule has 0 aliphatic carbocycles. The number of nitrogens with zero attached hydrogens (tertiary/aromatic N) is 1. The van der Waals surface area contributed by atoms with Gasteiger partial charge in [-0.3, -0.25) is 4.79 Å². The van der Waals surface area contributed by atoms with Crippen LogP contribution in [0.2, 0.25) is 0 Å². The van der Waals surface area contributed by atoms with E-state index in [0.717, 1.165) is 31.6 Å². The third kappa shape index (κ3) is 3.70. The summed E-state index contributed by atoms with van der Waals surface area (Å²) in [7, 11) is 0. The molecule has 4 nitrogen and oxygen atoms in total. The van der Waals surface area contributed by atoms with Gasteiger partial charge in [-0.05, 0) is 43.5 Å². The van der Waals surface area contributed by atoms with E-state index in [9.17, 15) is 4.79 Å². The highest BCUT2D eigenvalue weighted by Crippen LogP contribution is 2.22. The van der Waals surface area contributed by atoms with Gasteiger partial charge in [-0.2, -0.15) is 0 Å². The van der Waals surface area contributed by atoms with Crippen LogP contribution < -0.4 is 16.0 Å². The molecule has 1 aromatic rings. The van der Waals surface area contributed by atoms with Gasteiger partial charge in [0.15, 0.2) is 0 Å². The molecule has 3 N–H and O–H groups in total. The minimum atomic E-state index is -0.414. The Labute approximate surface area is 115 Å². The second kappa shape index (κ2) is 6.57. The van der Waals surface area contributed by atoms with Crippen LogP contribution in [-0.2, 0) is 4.79 Å². The molecule has 0 aromatic heterocycles. The number of anilines is 2. The van der Waals surface area contributed by atoms with Gasteiger partial charge >= 0.3 is 0 Å². The molecule has 1 fully saturated rings. The van der Waals surface area contributed by atoms with Crippen LogP contribution in [0, 0.1) is 0 Å². The molecule has 1 atom stereocenters. The first-order valence-corrected chi connectivity index (χ1v) is 7.12. The van der Waals surface area contributed by atoms with E-state index in [1.54, 1.807) is 0 Å². The first kappa shape index (κ1) is 13.9. The van der Waals surface area contributed by atoms with Crippen molar-refractivity contribution in [3.8, 4) is 0 Å².